The van der Waals surface area contributed by atoms with Crippen LogP contribution in [0.2, 0.25) is 0 Å². The van der Waals surface area contributed by atoms with E-state index in [1.807, 2.05) is 23.6 Å². The first kappa shape index (κ1) is 15.3. The maximum atomic E-state index is 5.00. The molecule has 5 rings (SSSR count). The number of rotatable bonds is 3. The molecule has 5 heteroatoms. The molecule has 25 heavy (non-hydrogen) atoms. The fraction of sp³-hybridized carbons (Fsp3) is 0.400. The van der Waals surface area contributed by atoms with Crippen molar-refractivity contribution < 1.29 is 0 Å². The summed E-state index contributed by atoms with van der Waals surface area (Å²) in [6.07, 6.45) is 3.14. The second kappa shape index (κ2) is 5.78. The summed E-state index contributed by atoms with van der Waals surface area (Å²) in [6.45, 7) is 7.53. The number of benzene rings is 1. The Morgan fingerprint density at radius 3 is 2.80 bits per heavy atom. The molecule has 2 unspecified atom stereocenters. The van der Waals surface area contributed by atoms with E-state index < -0.39 is 0 Å². The molecule has 0 radical (unpaired) electrons. The topological polar surface area (TPSA) is 32.3 Å². The number of hydrogen-bond acceptors (Lipinski definition) is 5. The van der Waals surface area contributed by atoms with Crippen molar-refractivity contribution in [1.29, 1.82) is 0 Å². The van der Waals surface area contributed by atoms with Crippen molar-refractivity contribution in [1.82, 2.24) is 14.9 Å². The number of nitrogens with zero attached hydrogens (tertiary/aromatic N) is 4. The van der Waals surface area contributed by atoms with Gasteiger partial charge < -0.3 is 4.90 Å². The van der Waals surface area contributed by atoms with Crippen LogP contribution in [0.15, 0.2) is 36.5 Å². The molecule has 2 aliphatic heterocycles. The summed E-state index contributed by atoms with van der Waals surface area (Å²) >= 11 is 1.85. The van der Waals surface area contributed by atoms with Crippen LogP contribution in [0, 0.1) is 13.8 Å². The standard InChI is InChI=1S/C20H22N4S/c1-13-6-7-18-19(14(13)2)22-20(25-18)24-12-16-9-17(24)11-23(16)10-15-5-3-4-8-21-15/h3-8,16-17H,9-12H2,1-2H3. The molecule has 2 atom stereocenters. The molecule has 2 saturated heterocycles. The first-order valence-electron chi connectivity index (χ1n) is 8.96. The Labute approximate surface area is 152 Å². The molecule has 0 saturated carbocycles. The molecule has 0 N–H and O–H groups in total. The van der Waals surface area contributed by atoms with Gasteiger partial charge in [-0.15, -0.1) is 0 Å². The van der Waals surface area contributed by atoms with E-state index in [1.54, 1.807) is 0 Å². The quantitative estimate of drug-likeness (QED) is 0.720. The summed E-state index contributed by atoms with van der Waals surface area (Å²) in [5, 5.41) is 1.20. The predicted molar refractivity (Wildman–Crippen MR) is 103 cm³/mol. The van der Waals surface area contributed by atoms with Crippen molar-refractivity contribution in [2.45, 2.75) is 38.9 Å². The lowest BCUT2D eigenvalue weighted by Gasteiger charge is -2.33. The van der Waals surface area contributed by atoms with Crippen LogP contribution in [-0.4, -0.2) is 40.0 Å². The number of pyridine rings is 1. The van der Waals surface area contributed by atoms with Crippen molar-refractivity contribution in [3.05, 3.63) is 53.3 Å². The highest BCUT2D eigenvalue weighted by Gasteiger charge is 2.44. The molecule has 128 valence electrons. The Hall–Kier alpha value is -1.98. The van der Waals surface area contributed by atoms with Gasteiger partial charge in [-0.2, -0.15) is 0 Å². The maximum Gasteiger partial charge on any atom is 0.186 e. The first-order valence-corrected chi connectivity index (χ1v) is 9.78. The number of anilines is 1. The summed E-state index contributed by atoms with van der Waals surface area (Å²) < 4.78 is 1.31. The Balaban J connectivity index is 1.36. The zero-order valence-electron chi connectivity index (χ0n) is 14.6. The van der Waals surface area contributed by atoms with E-state index in [9.17, 15) is 0 Å². The van der Waals surface area contributed by atoms with Crippen molar-refractivity contribution in [2.75, 3.05) is 18.0 Å². The summed E-state index contributed by atoms with van der Waals surface area (Å²) in [7, 11) is 0. The summed E-state index contributed by atoms with van der Waals surface area (Å²) in [4.78, 5) is 14.6. The molecular weight excluding hydrogens is 328 g/mol. The highest BCUT2D eigenvalue weighted by atomic mass is 32.1. The number of piperazine rings is 1. The molecular formula is C20H22N4S. The van der Waals surface area contributed by atoms with E-state index in [1.165, 1.54) is 38.6 Å². The number of thiazole rings is 1. The first-order chi connectivity index (χ1) is 12.2. The van der Waals surface area contributed by atoms with Crippen LogP contribution >= 0.6 is 11.3 Å². The lowest BCUT2D eigenvalue weighted by molar-refractivity contribution is 0.228. The van der Waals surface area contributed by atoms with Crippen LogP contribution < -0.4 is 4.90 Å². The van der Waals surface area contributed by atoms with Gasteiger partial charge in [0.15, 0.2) is 5.13 Å². The van der Waals surface area contributed by atoms with E-state index in [0.717, 1.165) is 19.6 Å². The lowest BCUT2D eigenvalue weighted by Crippen LogP contribution is -2.46. The van der Waals surface area contributed by atoms with Crippen LogP contribution in [0.25, 0.3) is 10.2 Å². The third-order valence-electron chi connectivity index (χ3n) is 5.76. The van der Waals surface area contributed by atoms with Crippen LogP contribution in [0.3, 0.4) is 0 Å². The van der Waals surface area contributed by atoms with Crippen LogP contribution in [0.5, 0.6) is 0 Å². The van der Waals surface area contributed by atoms with Crippen molar-refractivity contribution in [3.8, 4) is 0 Å². The molecule has 2 aromatic heterocycles. The number of aryl methyl sites for hydroxylation is 2. The smallest absolute Gasteiger partial charge is 0.186 e. The van der Waals surface area contributed by atoms with E-state index in [2.05, 4.69) is 52.9 Å². The monoisotopic (exact) mass is 350 g/mol. The minimum Gasteiger partial charge on any atom is -0.342 e. The molecule has 0 aliphatic carbocycles. The second-order valence-corrected chi connectivity index (χ2v) is 8.31. The number of aromatic nitrogens is 2. The van der Waals surface area contributed by atoms with E-state index >= 15 is 0 Å². The molecule has 1 aromatic carbocycles. The normalized spacial score (nSPS) is 23.0. The molecule has 3 aromatic rings. The largest absolute Gasteiger partial charge is 0.342 e. The number of likely N-dealkylation sites (tertiary alicyclic amines) is 1. The molecule has 2 bridgehead atoms. The lowest BCUT2D eigenvalue weighted by atomic mass is 10.1. The molecule has 0 amide bonds. The van der Waals surface area contributed by atoms with Gasteiger partial charge in [0.05, 0.1) is 15.9 Å². The molecule has 2 aliphatic rings. The summed E-state index contributed by atoms with van der Waals surface area (Å²) in [5.41, 5.74) is 5.01. The van der Waals surface area contributed by atoms with E-state index in [-0.39, 0.29) is 0 Å². The highest BCUT2D eigenvalue weighted by Crippen LogP contribution is 2.39. The average Bonchev–Trinajstić information content (AvgIpc) is 3.32. The van der Waals surface area contributed by atoms with Crippen LogP contribution in [0.1, 0.15) is 23.2 Å². The van der Waals surface area contributed by atoms with Crippen LogP contribution in [-0.2, 0) is 6.54 Å². The Morgan fingerprint density at radius 1 is 1.12 bits per heavy atom. The third kappa shape index (κ3) is 2.53. The number of fused-ring (bicyclic) bond motifs is 3. The number of hydrogen-bond donors (Lipinski definition) is 0. The molecule has 4 nitrogen and oxygen atoms in total. The van der Waals surface area contributed by atoms with E-state index in [0.29, 0.717) is 12.1 Å². The van der Waals surface area contributed by atoms with Gasteiger partial charge in [0.1, 0.15) is 0 Å². The van der Waals surface area contributed by atoms with Gasteiger partial charge in [0.2, 0.25) is 0 Å². The SMILES string of the molecule is Cc1ccc2sc(N3CC4CC3CN4Cc3ccccn3)nc2c1C. The van der Waals surface area contributed by atoms with Gasteiger partial charge in [0.25, 0.3) is 0 Å². The van der Waals surface area contributed by atoms with Gasteiger partial charge in [-0.05, 0) is 49.6 Å². The van der Waals surface area contributed by atoms with Crippen molar-refractivity contribution in [3.63, 3.8) is 0 Å². The highest BCUT2D eigenvalue weighted by molar-refractivity contribution is 7.22. The van der Waals surface area contributed by atoms with Crippen LogP contribution in [0.4, 0.5) is 5.13 Å². The Kier molecular flexibility index (Phi) is 3.54. The minimum atomic E-state index is 0.593. The van der Waals surface area contributed by atoms with Gasteiger partial charge in [-0.3, -0.25) is 9.88 Å². The van der Waals surface area contributed by atoms with Crippen molar-refractivity contribution >= 4 is 26.7 Å². The Bertz CT molecular complexity index is 920. The fourth-order valence-corrected chi connectivity index (χ4v) is 5.32. The minimum absolute atomic E-state index is 0.593. The van der Waals surface area contributed by atoms with Crippen molar-refractivity contribution in [2.24, 2.45) is 0 Å². The molecule has 0 spiro atoms. The van der Waals surface area contributed by atoms with Gasteiger partial charge >= 0.3 is 0 Å². The van der Waals surface area contributed by atoms with Gasteiger partial charge in [0, 0.05) is 37.9 Å². The maximum absolute atomic E-state index is 5.00. The zero-order valence-corrected chi connectivity index (χ0v) is 15.5. The van der Waals surface area contributed by atoms with Gasteiger partial charge in [-0.1, -0.05) is 23.5 Å². The van der Waals surface area contributed by atoms with E-state index in [4.69, 9.17) is 4.98 Å². The van der Waals surface area contributed by atoms with Gasteiger partial charge in [-0.25, -0.2) is 4.98 Å². The zero-order chi connectivity index (χ0) is 17.0. The second-order valence-electron chi connectivity index (χ2n) is 7.30. The molecule has 2 fully saturated rings. The summed E-state index contributed by atoms with van der Waals surface area (Å²) in [6, 6.07) is 11.8. The third-order valence-corrected chi connectivity index (χ3v) is 6.82. The fourth-order valence-electron chi connectivity index (χ4n) is 4.21. The Morgan fingerprint density at radius 2 is 2.04 bits per heavy atom. The summed E-state index contributed by atoms with van der Waals surface area (Å²) in [5.74, 6) is 0. The predicted octanol–water partition coefficient (Wildman–Crippen LogP) is 3.77. The average molecular weight is 350 g/mol. The molecule has 4 heterocycles.